The Bertz CT molecular complexity index is 936. The number of aromatic nitrogens is 3. The monoisotopic (exact) mass is 352 g/mol. The van der Waals surface area contributed by atoms with Gasteiger partial charge in [-0.15, -0.1) is 13.2 Å². The van der Waals surface area contributed by atoms with Crippen molar-refractivity contribution in [2.75, 3.05) is 5.32 Å². The molecule has 0 saturated carbocycles. The lowest BCUT2D eigenvalue weighted by Crippen LogP contribution is -2.16. The highest BCUT2D eigenvalue weighted by molar-refractivity contribution is 5.98. The highest BCUT2D eigenvalue weighted by atomic mass is 19.4. The summed E-state index contributed by atoms with van der Waals surface area (Å²) in [6.07, 6.45) is -3.50. The number of anilines is 2. The maximum Gasteiger partial charge on any atom is 0.573 e. The molecule has 1 aromatic carbocycles. The van der Waals surface area contributed by atoms with Crippen molar-refractivity contribution in [3.63, 3.8) is 0 Å². The molecule has 2 aromatic heterocycles. The summed E-state index contributed by atoms with van der Waals surface area (Å²) < 4.78 is 41.7. The number of fused-ring (bicyclic) bond motifs is 1. The van der Waals surface area contributed by atoms with Gasteiger partial charge in [-0.2, -0.15) is 0 Å². The number of carboxylic acid groups (broad SMARTS) is 1. The molecule has 2 heterocycles. The fourth-order valence-corrected chi connectivity index (χ4v) is 2.32. The van der Waals surface area contributed by atoms with Crippen molar-refractivity contribution in [1.82, 2.24) is 14.5 Å². The fourth-order valence-electron chi connectivity index (χ4n) is 2.32. The van der Waals surface area contributed by atoms with Gasteiger partial charge in [-0.25, -0.2) is 14.8 Å². The molecular weight excluding hydrogens is 341 g/mol. The van der Waals surface area contributed by atoms with E-state index < -0.39 is 12.3 Å². The third kappa shape index (κ3) is 3.47. The van der Waals surface area contributed by atoms with Gasteiger partial charge in [0, 0.05) is 12.7 Å². The summed E-state index contributed by atoms with van der Waals surface area (Å²) in [7, 11) is 1.56. The number of ether oxygens (including phenoxy) is 1. The molecule has 10 heteroatoms. The third-order valence-corrected chi connectivity index (χ3v) is 3.39. The van der Waals surface area contributed by atoms with Gasteiger partial charge in [0.25, 0.3) is 0 Å². The number of benzene rings is 1. The summed E-state index contributed by atoms with van der Waals surface area (Å²) in [5, 5.41) is 12.6. The Kier molecular flexibility index (Phi) is 3.95. The molecule has 0 aliphatic rings. The van der Waals surface area contributed by atoms with Crippen LogP contribution >= 0.6 is 0 Å². The van der Waals surface area contributed by atoms with E-state index in [-0.39, 0.29) is 11.4 Å². The van der Waals surface area contributed by atoms with E-state index in [1.807, 2.05) is 0 Å². The van der Waals surface area contributed by atoms with Crippen LogP contribution in [0.1, 0.15) is 10.5 Å². The van der Waals surface area contributed by atoms with Crippen molar-refractivity contribution >= 4 is 28.5 Å². The number of alkyl halides is 3. The van der Waals surface area contributed by atoms with E-state index in [0.29, 0.717) is 22.5 Å². The number of carbonyl (C=O) groups is 1. The zero-order valence-corrected chi connectivity index (χ0v) is 12.7. The first-order chi connectivity index (χ1) is 11.7. The zero-order chi connectivity index (χ0) is 18.2. The number of nitrogens with zero attached hydrogens (tertiary/aromatic N) is 3. The van der Waals surface area contributed by atoms with Gasteiger partial charge < -0.3 is 19.7 Å². The van der Waals surface area contributed by atoms with E-state index in [1.165, 1.54) is 29.1 Å². The second-order valence-corrected chi connectivity index (χ2v) is 5.05. The van der Waals surface area contributed by atoms with E-state index in [0.717, 1.165) is 12.1 Å². The van der Waals surface area contributed by atoms with Gasteiger partial charge in [-0.05, 0) is 30.3 Å². The molecule has 0 saturated heterocycles. The number of halogens is 3. The van der Waals surface area contributed by atoms with E-state index in [4.69, 9.17) is 0 Å². The predicted octanol–water partition coefficient (Wildman–Crippen LogP) is 3.31. The van der Waals surface area contributed by atoms with Gasteiger partial charge in [0.05, 0.1) is 5.39 Å². The Balaban J connectivity index is 1.90. The van der Waals surface area contributed by atoms with Gasteiger partial charge in [0.15, 0.2) is 0 Å². The third-order valence-electron chi connectivity index (χ3n) is 3.39. The lowest BCUT2D eigenvalue weighted by Gasteiger charge is -2.10. The summed E-state index contributed by atoms with van der Waals surface area (Å²) in [5.41, 5.74) is 0.898. The predicted molar refractivity (Wildman–Crippen MR) is 81.9 cm³/mol. The topological polar surface area (TPSA) is 89.3 Å². The number of rotatable bonds is 4. The van der Waals surface area contributed by atoms with Crippen LogP contribution in [-0.2, 0) is 7.05 Å². The van der Waals surface area contributed by atoms with Crippen LogP contribution in [0.2, 0.25) is 0 Å². The highest BCUT2D eigenvalue weighted by Gasteiger charge is 2.30. The molecule has 0 radical (unpaired) electrons. The smallest absolute Gasteiger partial charge is 0.477 e. The number of aromatic carboxylic acids is 1. The first kappa shape index (κ1) is 16.6. The Morgan fingerprint density at radius 3 is 2.52 bits per heavy atom. The molecule has 0 atom stereocenters. The molecule has 0 amide bonds. The van der Waals surface area contributed by atoms with Crippen LogP contribution in [0.4, 0.5) is 24.7 Å². The maximum absolute atomic E-state index is 12.2. The lowest BCUT2D eigenvalue weighted by atomic mass is 10.3. The van der Waals surface area contributed by atoms with Crippen LogP contribution in [0, 0.1) is 0 Å². The minimum atomic E-state index is -4.76. The Morgan fingerprint density at radius 1 is 1.24 bits per heavy atom. The van der Waals surface area contributed by atoms with E-state index in [9.17, 15) is 23.1 Å². The molecule has 3 rings (SSSR count). The maximum atomic E-state index is 12.2. The van der Waals surface area contributed by atoms with Crippen LogP contribution in [0.25, 0.3) is 11.0 Å². The van der Waals surface area contributed by atoms with Crippen molar-refractivity contribution in [3.8, 4) is 5.75 Å². The largest absolute Gasteiger partial charge is 0.573 e. The Labute approximate surface area is 138 Å². The van der Waals surface area contributed by atoms with Gasteiger partial charge in [-0.3, -0.25) is 0 Å². The molecule has 3 aromatic rings. The van der Waals surface area contributed by atoms with Crippen molar-refractivity contribution in [1.29, 1.82) is 0 Å². The second kappa shape index (κ2) is 5.96. The van der Waals surface area contributed by atoms with Crippen molar-refractivity contribution < 1.29 is 27.8 Å². The Morgan fingerprint density at radius 2 is 1.92 bits per heavy atom. The molecule has 0 bridgehead atoms. The summed E-state index contributed by atoms with van der Waals surface area (Å²) in [6.45, 7) is 0. The standard InChI is InChI=1S/C15H11F3N4O3/c1-22-11(14(23)24)6-10-12(19-7-20-13(10)22)21-8-2-4-9(5-3-8)25-15(16,17)18/h2-7H,1H3,(H,23,24)(H,19,20,21). The van der Waals surface area contributed by atoms with Crippen molar-refractivity contribution in [2.45, 2.75) is 6.36 Å². The minimum absolute atomic E-state index is 0.0347. The SMILES string of the molecule is Cn1c(C(=O)O)cc2c(Nc3ccc(OC(F)(F)F)cc3)ncnc21. The average molecular weight is 352 g/mol. The number of carboxylic acids is 1. The first-order valence-electron chi connectivity index (χ1n) is 6.91. The summed E-state index contributed by atoms with van der Waals surface area (Å²) >= 11 is 0. The normalized spacial score (nSPS) is 11.5. The molecule has 2 N–H and O–H groups in total. The first-order valence-corrected chi connectivity index (χ1v) is 6.91. The zero-order valence-electron chi connectivity index (χ0n) is 12.7. The molecule has 7 nitrogen and oxygen atoms in total. The van der Waals surface area contributed by atoms with E-state index in [2.05, 4.69) is 20.0 Å². The number of hydrogen-bond donors (Lipinski definition) is 2. The molecule has 0 unspecified atom stereocenters. The molecule has 0 aliphatic heterocycles. The molecule has 0 spiro atoms. The summed E-state index contributed by atoms with van der Waals surface area (Å²) in [5.74, 6) is -1.13. The quantitative estimate of drug-likeness (QED) is 0.749. The van der Waals surface area contributed by atoms with E-state index in [1.54, 1.807) is 7.05 Å². The molecule has 130 valence electrons. The lowest BCUT2D eigenvalue weighted by molar-refractivity contribution is -0.274. The van der Waals surface area contributed by atoms with Gasteiger partial charge >= 0.3 is 12.3 Å². The van der Waals surface area contributed by atoms with Gasteiger partial charge in [-0.1, -0.05) is 0 Å². The summed E-state index contributed by atoms with van der Waals surface area (Å²) in [6, 6.07) is 6.50. The van der Waals surface area contributed by atoms with Gasteiger partial charge in [0.2, 0.25) is 0 Å². The molecular formula is C15H11F3N4O3. The van der Waals surface area contributed by atoms with Crippen molar-refractivity contribution in [2.24, 2.45) is 7.05 Å². The fraction of sp³-hybridized carbons (Fsp3) is 0.133. The molecule has 0 fully saturated rings. The number of hydrogen-bond acceptors (Lipinski definition) is 5. The van der Waals surface area contributed by atoms with E-state index >= 15 is 0 Å². The molecule has 0 aliphatic carbocycles. The van der Waals surface area contributed by atoms with Crippen LogP contribution in [0.15, 0.2) is 36.7 Å². The van der Waals surface area contributed by atoms with Crippen LogP contribution in [0.5, 0.6) is 5.75 Å². The highest BCUT2D eigenvalue weighted by Crippen LogP contribution is 2.28. The summed E-state index contributed by atoms with van der Waals surface area (Å²) in [4.78, 5) is 19.3. The molecule has 25 heavy (non-hydrogen) atoms. The van der Waals surface area contributed by atoms with Crippen molar-refractivity contribution in [3.05, 3.63) is 42.4 Å². The number of nitrogens with one attached hydrogen (secondary N) is 1. The van der Waals surface area contributed by atoms with Gasteiger partial charge in [0.1, 0.15) is 29.2 Å². The van der Waals surface area contributed by atoms with Crippen LogP contribution < -0.4 is 10.1 Å². The average Bonchev–Trinajstić information content (AvgIpc) is 2.86. The Hall–Kier alpha value is -3.30. The van der Waals surface area contributed by atoms with Crippen LogP contribution in [0.3, 0.4) is 0 Å². The number of aryl methyl sites for hydroxylation is 1. The second-order valence-electron chi connectivity index (χ2n) is 5.05. The minimum Gasteiger partial charge on any atom is -0.477 e. The van der Waals surface area contributed by atoms with Crippen LogP contribution in [-0.4, -0.2) is 32.0 Å².